The molecule has 2 aliphatic rings. The van der Waals surface area contributed by atoms with Crippen molar-refractivity contribution in [2.24, 2.45) is 0 Å². The number of aliphatic carboxylic acids is 1. The maximum absolute atomic E-state index is 13.2. The first kappa shape index (κ1) is 17.3. The molecule has 7 heteroatoms. The molecule has 4 rings (SSSR count). The van der Waals surface area contributed by atoms with E-state index in [9.17, 15) is 19.1 Å². The number of fused-ring (bicyclic) bond motifs is 1. The van der Waals surface area contributed by atoms with Crippen molar-refractivity contribution >= 4 is 17.7 Å². The fourth-order valence-corrected chi connectivity index (χ4v) is 4.49. The number of pyridine rings is 1. The second-order valence-corrected chi connectivity index (χ2v) is 6.92. The standard InChI is InChI=1S/C17H14FNO3S.Li/c18-11-5-3-9(4-6-11)12-7-14(20)19-13(17(21)22)8-23-16(19)15(12)10-1-2-10;/h3-7,10,13H,1-2,8H2,(H,21,22);/q;+1/p-1/t13-;/m0./s1. The molecule has 1 aromatic carbocycles. The summed E-state index contributed by atoms with van der Waals surface area (Å²) in [4.78, 5) is 23.7. The molecule has 0 unspecified atom stereocenters. The Kier molecular flexibility index (Phi) is 4.65. The van der Waals surface area contributed by atoms with Gasteiger partial charge in [0.2, 0.25) is 0 Å². The zero-order valence-electron chi connectivity index (χ0n) is 13.1. The molecule has 24 heavy (non-hydrogen) atoms. The summed E-state index contributed by atoms with van der Waals surface area (Å²) in [7, 11) is 0. The Balaban J connectivity index is 0.00000169. The number of thioether (sulfide) groups is 1. The number of rotatable bonds is 3. The van der Waals surface area contributed by atoms with E-state index in [1.54, 1.807) is 12.1 Å². The van der Waals surface area contributed by atoms with Crippen molar-refractivity contribution in [1.82, 2.24) is 4.57 Å². The Bertz CT molecular complexity index is 861. The van der Waals surface area contributed by atoms with Crippen molar-refractivity contribution in [2.75, 3.05) is 5.75 Å². The van der Waals surface area contributed by atoms with E-state index >= 15 is 0 Å². The maximum atomic E-state index is 13.2. The molecule has 1 aliphatic heterocycles. The van der Waals surface area contributed by atoms with Crippen molar-refractivity contribution < 1.29 is 33.2 Å². The summed E-state index contributed by atoms with van der Waals surface area (Å²) in [5.41, 5.74) is 2.24. The van der Waals surface area contributed by atoms with Gasteiger partial charge in [0.15, 0.2) is 0 Å². The van der Waals surface area contributed by atoms with Gasteiger partial charge in [0.1, 0.15) is 5.82 Å². The third kappa shape index (κ3) is 2.83. The van der Waals surface area contributed by atoms with Crippen LogP contribution in [0, 0.1) is 5.82 Å². The van der Waals surface area contributed by atoms with E-state index in [-0.39, 0.29) is 30.2 Å². The Morgan fingerprint density at radius 2 is 1.92 bits per heavy atom. The van der Waals surface area contributed by atoms with Gasteiger partial charge in [0.05, 0.1) is 17.0 Å². The van der Waals surface area contributed by atoms with Crippen LogP contribution in [0.15, 0.2) is 40.2 Å². The summed E-state index contributed by atoms with van der Waals surface area (Å²) in [6.07, 6.45) is 2.05. The smallest absolute Gasteiger partial charge is 0.548 e. The molecule has 1 fully saturated rings. The molecule has 0 bridgehead atoms. The number of aromatic nitrogens is 1. The molecular formula is C17H13FLiNO3S. The molecule has 0 spiro atoms. The number of carboxylic acid groups (broad SMARTS) is 1. The molecule has 1 atom stereocenters. The molecule has 1 aromatic heterocycles. The first-order chi connectivity index (χ1) is 11.1. The quantitative estimate of drug-likeness (QED) is 0.670. The van der Waals surface area contributed by atoms with Gasteiger partial charge in [-0.2, -0.15) is 0 Å². The zero-order valence-corrected chi connectivity index (χ0v) is 13.9. The summed E-state index contributed by atoms with van der Waals surface area (Å²) < 4.78 is 14.5. The molecule has 0 radical (unpaired) electrons. The number of carbonyl (C=O) groups excluding carboxylic acids is 1. The Morgan fingerprint density at radius 3 is 2.50 bits per heavy atom. The van der Waals surface area contributed by atoms with E-state index in [1.165, 1.54) is 34.5 Å². The van der Waals surface area contributed by atoms with Crippen LogP contribution < -0.4 is 29.5 Å². The van der Waals surface area contributed by atoms with Gasteiger partial charge >= 0.3 is 18.9 Å². The van der Waals surface area contributed by atoms with Crippen LogP contribution in [0.3, 0.4) is 0 Å². The third-order valence-electron chi connectivity index (χ3n) is 4.35. The van der Waals surface area contributed by atoms with E-state index in [0.717, 1.165) is 34.6 Å². The van der Waals surface area contributed by atoms with Crippen molar-refractivity contribution in [1.29, 1.82) is 0 Å². The summed E-state index contributed by atoms with van der Waals surface area (Å²) >= 11 is 1.39. The molecule has 0 N–H and O–H groups in total. The second kappa shape index (κ2) is 6.44. The van der Waals surface area contributed by atoms with Crippen LogP contribution in [0.2, 0.25) is 0 Å². The summed E-state index contributed by atoms with van der Waals surface area (Å²) in [6.45, 7) is 0. The fraction of sp³-hybridized carbons (Fsp3) is 0.294. The summed E-state index contributed by atoms with van der Waals surface area (Å²) in [5, 5.41) is 12.0. The average molecular weight is 337 g/mol. The number of carbonyl (C=O) groups is 1. The van der Waals surface area contributed by atoms with E-state index in [0.29, 0.717) is 11.7 Å². The van der Waals surface area contributed by atoms with Gasteiger partial charge in [-0.15, -0.1) is 11.8 Å². The van der Waals surface area contributed by atoms with E-state index < -0.39 is 12.0 Å². The van der Waals surface area contributed by atoms with Gasteiger partial charge in [-0.05, 0) is 47.6 Å². The average Bonchev–Trinajstić information content (AvgIpc) is 3.24. The third-order valence-corrected chi connectivity index (χ3v) is 5.52. The Morgan fingerprint density at radius 1 is 1.25 bits per heavy atom. The SMILES string of the molecule is O=C([O-])[C@@H]1CSc2c(C3CC3)c(-c3ccc(F)cc3)cc(=O)n21.[Li+]. The minimum absolute atomic E-state index is 0. The predicted octanol–water partition coefficient (Wildman–Crippen LogP) is -1.07. The molecule has 118 valence electrons. The van der Waals surface area contributed by atoms with Gasteiger partial charge in [-0.3, -0.25) is 9.36 Å². The molecular weight excluding hydrogens is 324 g/mol. The van der Waals surface area contributed by atoms with Crippen molar-refractivity contribution in [3.63, 3.8) is 0 Å². The van der Waals surface area contributed by atoms with Crippen molar-refractivity contribution in [3.05, 3.63) is 52.1 Å². The van der Waals surface area contributed by atoms with Crippen LogP contribution >= 0.6 is 11.8 Å². The largest absolute Gasteiger partial charge is 1.00 e. The monoisotopic (exact) mass is 337 g/mol. The van der Waals surface area contributed by atoms with E-state index in [2.05, 4.69) is 0 Å². The van der Waals surface area contributed by atoms with Crippen LogP contribution in [0.5, 0.6) is 0 Å². The topological polar surface area (TPSA) is 62.1 Å². The number of benzene rings is 1. The van der Waals surface area contributed by atoms with Crippen molar-refractivity contribution in [3.8, 4) is 11.1 Å². The van der Waals surface area contributed by atoms with Crippen LogP contribution in [0.1, 0.15) is 30.4 Å². The normalized spacial score (nSPS) is 18.8. The number of carboxylic acids is 1. The summed E-state index contributed by atoms with van der Waals surface area (Å²) in [6, 6.07) is 6.61. The van der Waals surface area contributed by atoms with E-state index in [4.69, 9.17) is 0 Å². The number of hydrogen-bond donors (Lipinski definition) is 0. The number of halogens is 1. The minimum Gasteiger partial charge on any atom is -0.548 e. The van der Waals surface area contributed by atoms with Gasteiger partial charge in [-0.25, -0.2) is 4.39 Å². The predicted molar refractivity (Wildman–Crippen MR) is 82.8 cm³/mol. The van der Waals surface area contributed by atoms with E-state index in [1.807, 2.05) is 0 Å². The Labute approximate surface area is 154 Å². The molecule has 2 aromatic rings. The molecule has 0 amide bonds. The van der Waals surface area contributed by atoms with Crippen LogP contribution in [0.25, 0.3) is 11.1 Å². The number of hydrogen-bond acceptors (Lipinski definition) is 4. The summed E-state index contributed by atoms with van der Waals surface area (Å²) in [5.74, 6) is -0.907. The first-order valence-corrected chi connectivity index (χ1v) is 8.44. The van der Waals surface area contributed by atoms with Crippen LogP contribution in [-0.2, 0) is 4.79 Å². The molecule has 0 saturated heterocycles. The van der Waals surface area contributed by atoms with Crippen LogP contribution in [-0.4, -0.2) is 16.3 Å². The van der Waals surface area contributed by atoms with Crippen LogP contribution in [0.4, 0.5) is 4.39 Å². The van der Waals surface area contributed by atoms with Gasteiger partial charge in [-0.1, -0.05) is 12.1 Å². The van der Waals surface area contributed by atoms with Gasteiger partial charge < -0.3 is 9.90 Å². The van der Waals surface area contributed by atoms with Gasteiger partial charge in [0, 0.05) is 11.8 Å². The zero-order chi connectivity index (χ0) is 16.1. The Hall–Kier alpha value is -1.48. The second-order valence-electron chi connectivity index (χ2n) is 5.91. The first-order valence-electron chi connectivity index (χ1n) is 7.45. The maximum Gasteiger partial charge on any atom is 1.00 e. The molecule has 4 nitrogen and oxygen atoms in total. The number of nitrogens with zero attached hydrogens (tertiary/aromatic N) is 1. The van der Waals surface area contributed by atoms with Crippen molar-refractivity contribution in [2.45, 2.75) is 29.8 Å². The molecule has 1 aliphatic carbocycles. The molecule has 2 heterocycles. The molecule has 1 saturated carbocycles. The minimum atomic E-state index is -1.23. The van der Waals surface area contributed by atoms with Gasteiger partial charge in [0.25, 0.3) is 5.56 Å². The fourth-order valence-electron chi connectivity index (χ4n) is 3.10.